The molecule has 0 spiro atoms. The van der Waals surface area contributed by atoms with Gasteiger partial charge in [-0.25, -0.2) is 18.5 Å². The van der Waals surface area contributed by atoms with Gasteiger partial charge in [0.25, 0.3) is 10.0 Å². The zero-order valence-electron chi connectivity index (χ0n) is 7.09. The summed E-state index contributed by atoms with van der Waals surface area (Å²) in [5.74, 6) is 0.330. The van der Waals surface area contributed by atoms with Gasteiger partial charge in [-0.15, -0.1) is 0 Å². The highest BCUT2D eigenvalue weighted by Crippen LogP contribution is 2.16. The third kappa shape index (κ3) is 2.44. The van der Waals surface area contributed by atoms with E-state index < -0.39 is 10.0 Å². The van der Waals surface area contributed by atoms with Gasteiger partial charge in [0.2, 0.25) is 4.34 Å². The summed E-state index contributed by atoms with van der Waals surface area (Å²) in [5, 5.41) is 4.85. The average Bonchev–Trinajstić information content (AvgIpc) is 2.50. The lowest BCUT2D eigenvalue weighted by Gasteiger charge is -2.01. The number of nitrogens with zero attached hydrogens (tertiary/aromatic N) is 2. The monoisotopic (exact) mass is 223 g/mol. The Hall–Kier alpha value is -0.570. The van der Waals surface area contributed by atoms with Gasteiger partial charge in [0.1, 0.15) is 6.10 Å². The van der Waals surface area contributed by atoms with E-state index in [1.54, 1.807) is 6.92 Å². The van der Waals surface area contributed by atoms with E-state index in [4.69, 9.17) is 9.88 Å². The van der Waals surface area contributed by atoms with Crippen molar-refractivity contribution in [2.24, 2.45) is 5.14 Å². The maximum atomic E-state index is 10.8. The maximum Gasteiger partial charge on any atom is 0.266 e. The molecule has 1 aromatic rings. The average molecular weight is 223 g/mol. The third-order valence-corrected chi connectivity index (χ3v) is 3.41. The largest absolute Gasteiger partial charge is 0.374 e. The molecule has 0 bridgehead atoms. The van der Waals surface area contributed by atoms with Gasteiger partial charge < -0.3 is 4.74 Å². The summed E-state index contributed by atoms with van der Waals surface area (Å²) >= 11 is 0.746. The Morgan fingerprint density at radius 2 is 2.23 bits per heavy atom. The van der Waals surface area contributed by atoms with E-state index in [2.05, 4.69) is 9.36 Å². The van der Waals surface area contributed by atoms with Crippen LogP contribution in [-0.2, 0) is 14.8 Å². The Morgan fingerprint density at radius 3 is 2.62 bits per heavy atom. The molecule has 0 aliphatic carbocycles. The van der Waals surface area contributed by atoms with Gasteiger partial charge in [0, 0.05) is 7.11 Å². The van der Waals surface area contributed by atoms with E-state index in [1.807, 2.05) is 0 Å². The molecule has 1 aromatic heterocycles. The second-order valence-corrected chi connectivity index (χ2v) is 4.83. The molecule has 0 saturated carbocycles. The van der Waals surface area contributed by atoms with Crippen LogP contribution in [0.3, 0.4) is 0 Å². The number of primary sulfonamides is 1. The van der Waals surface area contributed by atoms with Crippen LogP contribution in [0.5, 0.6) is 0 Å². The van der Waals surface area contributed by atoms with Gasteiger partial charge in [0.05, 0.1) is 0 Å². The molecule has 0 aliphatic heterocycles. The number of hydrogen-bond acceptors (Lipinski definition) is 6. The lowest BCUT2D eigenvalue weighted by Crippen LogP contribution is -2.12. The molecule has 6 nitrogen and oxygen atoms in total. The lowest BCUT2D eigenvalue weighted by molar-refractivity contribution is 0.113. The SMILES string of the molecule is COC(C)c1nsc(S(N)(=O)=O)n1. The number of hydrogen-bond donors (Lipinski definition) is 1. The van der Waals surface area contributed by atoms with Crippen molar-refractivity contribution in [2.45, 2.75) is 17.4 Å². The Kier molecular flexibility index (Phi) is 2.96. The number of ether oxygens (including phenoxy) is 1. The van der Waals surface area contributed by atoms with E-state index >= 15 is 0 Å². The van der Waals surface area contributed by atoms with Gasteiger partial charge in [-0.3, -0.25) is 0 Å². The highest BCUT2D eigenvalue weighted by molar-refractivity contribution is 7.91. The van der Waals surface area contributed by atoms with Crippen molar-refractivity contribution in [3.8, 4) is 0 Å². The summed E-state index contributed by atoms with van der Waals surface area (Å²) in [5.41, 5.74) is 0. The number of methoxy groups -OCH3 is 1. The quantitative estimate of drug-likeness (QED) is 0.771. The standard InChI is InChI=1S/C5H9N3O3S2/c1-3(11-2)4-7-5(12-8-4)13(6,9)10/h3H,1-2H3,(H2,6,9,10). The van der Waals surface area contributed by atoms with Gasteiger partial charge in [-0.05, 0) is 18.5 Å². The molecule has 0 aliphatic rings. The number of sulfonamides is 1. The van der Waals surface area contributed by atoms with Crippen molar-refractivity contribution >= 4 is 21.6 Å². The van der Waals surface area contributed by atoms with E-state index in [1.165, 1.54) is 7.11 Å². The molecule has 13 heavy (non-hydrogen) atoms. The van der Waals surface area contributed by atoms with Crippen LogP contribution < -0.4 is 5.14 Å². The zero-order valence-corrected chi connectivity index (χ0v) is 8.72. The van der Waals surface area contributed by atoms with Crippen LogP contribution in [0, 0.1) is 0 Å². The molecule has 8 heteroatoms. The normalized spacial score (nSPS) is 14.4. The summed E-state index contributed by atoms with van der Waals surface area (Å²) in [6, 6.07) is 0. The van der Waals surface area contributed by atoms with Crippen LogP contribution in [0.2, 0.25) is 0 Å². The van der Waals surface area contributed by atoms with Crippen LogP contribution in [-0.4, -0.2) is 24.9 Å². The Morgan fingerprint density at radius 1 is 1.62 bits per heavy atom. The number of rotatable bonds is 3. The predicted molar refractivity (Wildman–Crippen MR) is 46.7 cm³/mol. The second kappa shape index (κ2) is 3.66. The first-order valence-corrected chi connectivity index (χ1v) is 5.66. The maximum absolute atomic E-state index is 10.8. The summed E-state index contributed by atoms with van der Waals surface area (Å²) in [6.07, 6.45) is -0.327. The molecule has 0 aromatic carbocycles. The van der Waals surface area contributed by atoms with Crippen LogP contribution in [0.15, 0.2) is 4.34 Å². The van der Waals surface area contributed by atoms with E-state index in [-0.39, 0.29) is 10.4 Å². The van der Waals surface area contributed by atoms with Crippen LogP contribution >= 0.6 is 11.5 Å². The zero-order chi connectivity index (χ0) is 10.1. The highest BCUT2D eigenvalue weighted by Gasteiger charge is 2.17. The summed E-state index contributed by atoms with van der Waals surface area (Å²) in [6.45, 7) is 1.72. The minimum Gasteiger partial charge on any atom is -0.374 e. The fourth-order valence-corrected chi connectivity index (χ4v) is 1.85. The third-order valence-electron chi connectivity index (χ3n) is 1.38. The first kappa shape index (κ1) is 10.5. The smallest absolute Gasteiger partial charge is 0.266 e. The van der Waals surface area contributed by atoms with E-state index in [0.29, 0.717) is 5.82 Å². The number of aromatic nitrogens is 2. The highest BCUT2D eigenvalue weighted by atomic mass is 32.2. The fraction of sp³-hybridized carbons (Fsp3) is 0.600. The molecule has 1 heterocycles. The molecule has 2 N–H and O–H groups in total. The topological polar surface area (TPSA) is 95.2 Å². The predicted octanol–water partition coefficient (Wildman–Crippen LogP) is -0.107. The fourth-order valence-electron chi connectivity index (χ4n) is 0.606. The molecular formula is C5H9N3O3S2. The van der Waals surface area contributed by atoms with E-state index in [0.717, 1.165) is 11.5 Å². The van der Waals surface area contributed by atoms with Crippen LogP contribution in [0.1, 0.15) is 18.9 Å². The van der Waals surface area contributed by atoms with Crippen molar-refractivity contribution in [1.82, 2.24) is 9.36 Å². The van der Waals surface area contributed by atoms with Gasteiger partial charge in [-0.2, -0.15) is 4.37 Å². The molecule has 0 saturated heterocycles. The van der Waals surface area contributed by atoms with Gasteiger partial charge in [-0.1, -0.05) is 0 Å². The van der Waals surface area contributed by atoms with Gasteiger partial charge in [0.15, 0.2) is 5.82 Å². The van der Waals surface area contributed by atoms with E-state index in [9.17, 15) is 8.42 Å². The second-order valence-electron chi connectivity index (χ2n) is 2.34. The van der Waals surface area contributed by atoms with Crippen molar-refractivity contribution in [2.75, 3.05) is 7.11 Å². The molecule has 1 atom stereocenters. The first-order chi connectivity index (χ1) is 5.95. The number of nitrogens with two attached hydrogens (primary N) is 1. The molecule has 0 fully saturated rings. The molecule has 74 valence electrons. The lowest BCUT2D eigenvalue weighted by atomic mass is 10.4. The van der Waals surface area contributed by atoms with Crippen molar-refractivity contribution < 1.29 is 13.2 Å². The molecule has 0 radical (unpaired) electrons. The molecular weight excluding hydrogens is 214 g/mol. The molecule has 0 amide bonds. The summed E-state index contributed by atoms with van der Waals surface area (Å²) < 4.78 is 30.1. The summed E-state index contributed by atoms with van der Waals surface area (Å²) in [4.78, 5) is 3.72. The van der Waals surface area contributed by atoms with Crippen molar-refractivity contribution in [3.05, 3.63) is 5.82 Å². The van der Waals surface area contributed by atoms with Crippen molar-refractivity contribution in [3.63, 3.8) is 0 Å². The molecule has 1 unspecified atom stereocenters. The Labute approximate surface area is 80.0 Å². The van der Waals surface area contributed by atoms with Crippen LogP contribution in [0.25, 0.3) is 0 Å². The van der Waals surface area contributed by atoms with Crippen molar-refractivity contribution in [1.29, 1.82) is 0 Å². The van der Waals surface area contributed by atoms with Crippen LogP contribution in [0.4, 0.5) is 0 Å². The Balaban J connectivity index is 3.00. The summed E-state index contributed by atoms with van der Waals surface area (Å²) in [7, 11) is -2.25. The molecule has 1 rings (SSSR count). The first-order valence-electron chi connectivity index (χ1n) is 3.34. The minimum atomic E-state index is -3.73. The van der Waals surface area contributed by atoms with Gasteiger partial charge >= 0.3 is 0 Å². The minimum absolute atomic E-state index is 0.189. The Bertz CT molecular complexity index is 385.